The van der Waals surface area contributed by atoms with Gasteiger partial charge in [0.15, 0.2) is 0 Å². The molecule has 29 heavy (non-hydrogen) atoms. The van der Waals surface area contributed by atoms with Gasteiger partial charge >= 0.3 is 0 Å². The molecule has 5 nitrogen and oxygen atoms in total. The average Bonchev–Trinajstić information content (AvgIpc) is 2.90. The SMILES string of the molecule is NC(=O)c1c(NC(=O)c2cccc(Oc3ccccc3)c2)sc2c1CCCCC2. The monoisotopic (exact) mass is 406 g/mol. The van der Waals surface area contributed by atoms with Gasteiger partial charge in [0.05, 0.1) is 5.56 Å². The van der Waals surface area contributed by atoms with Crippen molar-refractivity contribution in [2.24, 2.45) is 5.73 Å². The molecule has 0 aliphatic heterocycles. The molecule has 6 heteroatoms. The number of aryl methyl sites for hydroxylation is 1. The number of primary amides is 1. The topological polar surface area (TPSA) is 81.4 Å². The number of hydrogen-bond donors (Lipinski definition) is 2. The maximum absolute atomic E-state index is 12.9. The molecule has 1 aliphatic rings. The molecule has 0 radical (unpaired) electrons. The van der Waals surface area contributed by atoms with Gasteiger partial charge in [-0.2, -0.15) is 0 Å². The largest absolute Gasteiger partial charge is 0.457 e. The summed E-state index contributed by atoms with van der Waals surface area (Å²) in [5, 5.41) is 3.45. The summed E-state index contributed by atoms with van der Waals surface area (Å²) in [5.41, 5.74) is 7.59. The first-order valence-corrected chi connectivity index (χ1v) is 10.5. The lowest BCUT2D eigenvalue weighted by atomic mass is 10.1. The number of para-hydroxylation sites is 1. The van der Waals surface area contributed by atoms with Crippen molar-refractivity contribution < 1.29 is 14.3 Å². The second-order valence-electron chi connectivity index (χ2n) is 7.03. The van der Waals surface area contributed by atoms with Crippen LogP contribution >= 0.6 is 11.3 Å². The number of amides is 2. The third-order valence-electron chi connectivity index (χ3n) is 4.97. The van der Waals surface area contributed by atoms with Crippen molar-refractivity contribution >= 4 is 28.2 Å². The van der Waals surface area contributed by atoms with Crippen LogP contribution in [0.4, 0.5) is 5.00 Å². The van der Waals surface area contributed by atoms with Crippen molar-refractivity contribution in [1.82, 2.24) is 0 Å². The molecule has 1 heterocycles. The summed E-state index contributed by atoms with van der Waals surface area (Å²) in [4.78, 5) is 26.1. The van der Waals surface area contributed by atoms with E-state index in [1.54, 1.807) is 24.3 Å². The van der Waals surface area contributed by atoms with Crippen molar-refractivity contribution in [2.75, 3.05) is 5.32 Å². The summed E-state index contributed by atoms with van der Waals surface area (Å²) in [6, 6.07) is 16.4. The van der Waals surface area contributed by atoms with E-state index in [0.717, 1.165) is 42.5 Å². The molecule has 4 rings (SSSR count). The molecule has 0 atom stereocenters. The minimum absolute atomic E-state index is 0.289. The average molecular weight is 407 g/mol. The molecule has 0 saturated heterocycles. The number of rotatable bonds is 5. The van der Waals surface area contributed by atoms with Gasteiger partial charge < -0.3 is 15.8 Å². The zero-order valence-electron chi connectivity index (χ0n) is 15.9. The van der Waals surface area contributed by atoms with Crippen LogP contribution in [0.2, 0.25) is 0 Å². The van der Waals surface area contributed by atoms with Crippen LogP contribution < -0.4 is 15.8 Å². The summed E-state index contributed by atoms with van der Waals surface area (Å²) in [5.74, 6) is 0.493. The minimum Gasteiger partial charge on any atom is -0.457 e. The van der Waals surface area contributed by atoms with Gasteiger partial charge in [0.25, 0.3) is 11.8 Å². The summed E-state index contributed by atoms with van der Waals surface area (Å²) >= 11 is 1.47. The van der Waals surface area contributed by atoms with Crippen LogP contribution in [0.25, 0.3) is 0 Å². The first kappa shape index (κ1) is 19.2. The first-order chi connectivity index (χ1) is 14.1. The fourth-order valence-electron chi connectivity index (χ4n) is 3.59. The van der Waals surface area contributed by atoms with Crippen LogP contribution in [0.5, 0.6) is 11.5 Å². The van der Waals surface area contributed by atoms with E-state index in [0.29, 0.717) is 27.6 Å². The summed E-state index contributed by atoms with van der Waals surface area (Å²) in [6.45, 7) is 0. The minimum atomic E-state index is -0.485. The molecule has 3 aromatic rings. The molecule has 0 fully saturated rings. The lowest BCUT2D eigenvalue weighted by Gasteiger charge is -2.09. The Bertz CT molecular complexity index is 1040. The van der Waals surface area contributed by atoms with Crippen LogP contribution in [-0.2, 0) is 12.8 Å². The fraction of sp³-hybridized carbons (Fsp3) is 0.217. The van der Waals surface area contributed by atoms with E-state index < -0.39 is 5.91 Å². The van der Waals surface area contributed by atoms with Crippen molar-refractivity contribution in [3.63, 3.8) is 0 Å². The molecule has 2 aromatic carbocycles. The molecule has 0 unspecified atom stereocenters. The van der Waals surface area contributed by atoms with Gasteiger partial charge in [0, 0.05) is 10.4 Å². The quantitative estimate of drug-likeness (QED) is 0.574. The first-order valence-electron chi connectivity index (χ1n) is 9.70. The summed E-state index contributed by atoms with van der Waals surface area (Å²) < 4.78 is 5.81. The maximum atomic E-state index is 12.9. The van der Waals surface area contributed by atoms with Crippen LogP contribution in [0.1, 0.15) is 50.4 Å². The number of benzene rings is 2. The van der Waals surface area contributed by atoms with Crippen molar-refractivity contribution in [3.8, 4) is 11.5 Å². The highest BCUT2D eigenvalue weighted by atomic mass is 32.1. The van der Waals surface area contributed by atoms with E-state index in [1.165, 1.54) is 11.3 Å². The molecule has 2 amide bonds. The molecule has 148 valence electrons. The van der Waals surface area contributed by atoms with E-state index in [9.17, 15) is 9.59 Å². The Morgan fingerprint density at radius 1 is 0.931 bits per heavy atom. The van der Waals surface area contributed by atoms with E-state index in [2.05, 4.69) is 5.32 Å². The van der Waals surface area contributed by atoms with Gasteiger partial charge in [-0.1, -0.05) is 30.7 Å². The number of anilines is 1. The van der Waals surface area contributed by atoms with Gasteiger partial charge in [-0.15, -0.1) is 11.3 Å². The number of carbonyl (C=O) groups is 2. The molecular weight excluding hydrogens is 384 g/mol. The smallest absolute Gasteiger partial charge is 0.256 e. The number of hydrogen-bond acceptors (Lipinski definition) is 4. The third-order valence-corrected chi connectivity index (χ3v) is 6.18. The van der Waals surface area contributed by atoms with E-state index in [4.69, 9.17) is 10.5 Å². The van der Waals surface area contributed by atoms with Gasteiger partial charge in [0.2, 0.25) is 0 Å². The van der Waals surface area contributed by atoms with E-state index >= 15 is 0 Å². The Labute approximate surface area is 173 Å². The zero-order chi connectivity index (χ0) is 20.2. The fourth-order valence-corrected chi connectivity index (χ4v) is 4.88. The van der Waals surface area contributed by atoms with Crippen LogP contribution in [0, 0.1) is 0 Å². The Kier molecular flexibility index (Phi) is 5.62. The Hall–Kier alpha value is -3.12. The van der Waals surface area contributed by atoms with Crippen LogP contribution in [-0.4, -0.2) is 11.8 Å². The number of ether oxygens (including phenoxy) is 1. The number of nitrogens with one attached hydrogen (secondary N) is 1. The molecule has 0 bridgehead atoms. The van der Waals surface area contributed by atoms with Gasteiger partial charge in [0.1, 0.15) is 16.5 Å². The molecule has 0 saturated carbocycles. The highest BCUT2D eigenvalue weighted by Gasteiger charge is 2.24. The van der Waals surface area contributed by atoms with Gasteiger partial charge in [-0.3, -0.25) is 9.59 Å². The molecular formula is C23H22N2O3S. The predicted octanol–water partition coefficient (Wildman–Crippen LogP) is 5.16. The molecule has 3 N–H and O–H groups in total. The molecule has 1 aromatic heterocycles. The summed E-state index contributed by atoms with van der Waals surface area (Å²) in [7, 11) is 0. The number of carbonyl (C=O) groups excluding carboxylic acids is 2. The highest BCUT2D eigenvalue weighted by molar-refractivity contribution is 7.17. The van der Waals surface area contributed by atoms with Gasteiger partial charge in [-0.25, -0.2) is 0 Å². The maximum Gasteiger partial charge on any atom is 0.256 e. The number of thiophene rings is 1. The second kappa shape index (κ2) is 8.49. The van der Waals surface area contributed by atoms with Gasteiger partial charge in [-0.05, 0) is 61.6 Å². The highest BCUT2D eigenvalue weighted by Crippen LogP contribution is 2.37. The van der Waals surface area contributed by atoms with E-state index in [-0.39, 0.29) is 5.91 Å². The predicted molar refractivity (Wildman–Crippen MR) is 115 cm³/mol. The standard InChI is InChI=1S/C23H22N2O3S/c24-21(26)20-18-12-5-2-6-13-19(18)29-23(20)25-22(27)15-8-7-11-17(14-15)28-16-9-3-1-4-10-16/h1,3-4,7-11,14H,2,5-6,12-13H2,(H2,24,26)(H,25,27). The number of fused-ring (bicyclic) bond motifs is 1. The van der Waals surface area contributed by atoms with E-state index in [1.807, 2.05) is 30.3 Å². The lowest BCUT2D eigenvalue weighted by Crippen LogP contribution is -2.18. The molecule has 1 aliphatic carbocycles. The second-order valence-corrected chi connectivity index (χ2v) is 8.14. The Balaban J connectivity index is 1.57. The van der Waals surface area contributed by atoms with Crippen molar-refractivity contribution in [2.45, 2.75) is 32.1 Å². The van der Waals surface area contributed by atoms with Crippen molar-refractivity contribution in [1.29, 1.82) is 0 Å². The van der Waals surface area contributed by atoms with Crippen molar-refractivity contribution in [3.05, 3.63) is 76.2 Å². The normalized spacial score (nSPS) is 13.2. The van der Waals surface area contributed by atoms with Crippen LogP contribution in [0.15, 0.2) is 54.6 Å². The van der Waals surface area contributed by atoms with Crippen LogP contribution in [0.3, 0.4) is 0 Å². The Morgan fingerprint density at radius 2 is 1.69 bits per heavy atom. The summed E-state index contributed by atoms with van der Waals surface area (Å²) in [6.07, 6.45) is 5.04. The zero-order valence-corrected chi connectivity index (χ0v) is 16.8. The third kappa shape index (κ3) is 4.32. The lowest BCUT2D eigenvalue weighted by molar-refractivity contribution is 0.100. The Morgan fingerprint density at radius 3 is 2.48 bits per heavy atom. The number of nitrogens with two attached hydrogens (primary N) is 1. The molecule has 0 spiro atoms.